The number of ether oxygens (including phenoxy) is 2. The average Bonchev–Trinajstić information content (AvgIpc) is 2.67. The number of esters is 2. The average molecular weight is 289 g/mol. The SMILES string of the molecule is O=C1OC(=Cc2cccs2)C(Br)OC1=O. The van der Waals surface area contributed by atoms with Crippen molar-refractivity contribution in [3.05, 3.63) is 28.1 Å². The molecule has 78 valence electrons. The third-order valence-corrected chi connectivity index (χ3v) is 3.10. The van der Waals surface area contributed by atoms with Crippen LogP contribution in [-0.2, 0) is 19.1 Å². The lowest BCUT2D eigenvalue weighted by Gasteiger charge is -2.19. The Morgan fingerprint density at radius 2 is 2.20 bits per heavy atom. The summed E-state index contributed by atoms with van der Waals surface area (Å²) in [5, 5.41) is 1.19. The van der Waals surface area contributed by atoms with Crippen LogP contribution in [0.25, 0.3) is 6.08 Å². The number of hydrogen-bond donors (Lipinski definition) is 0. The van der Waals surface area contributed by atoms with E-state index in [4.69, 9.17) is 9.47 Å². The molecule has 0 aromatic carbocycles. The highest BCUT2D eigenvalue weighted by atomic mass is 79.9. The molecule has 1 aromatic heterocycles. The summed E-state index contributed by atoms with van der Waals surface area (Å²) in [4.78, 5) is 22.6. The number of carbonyl (C=O) groups is 2. The predicted molar refractivity (Wildman–Crippen MR) is 57.2 cm³/mol. The molecule has 2 heterocycles. The van der Waals surface area contributed by atoms with Crippen molar-refractivity contribution in [2.75, 3.05) is 0 Å². The van der Waals surface area contributed by atoms with Gasteiger partial charge in [-0.15, -0.1) is 11.3 Å². The zero-order valence-electron chi connectivity index (χ0n) is 7.31. The molecule has 0 aliphatic carbocycles. The van der Waals surface area contributed by atoms with E-state index in [-0.39, 0.29) is 5.76 Å². The molecule has 0 saturated carbocycles. The number of carbonyl (C=O) groups excluding carboxylic acids is 2. The zero-order chi connectivity index (χ0) is 10.8. The third-order valence-electron chi connectivity index (χ3n) is 1.64. The first-order valence-corrected chi connectivity index (χ1v) is 5.78. The van der Waals surface area contributed by atoms with Gasteiger partial charge in [0.15, 0.2) is 5.76 Å². The van der Waals surface area contributed by atoms with Crippen LogP contribution in [-0.4, -0.2) is 17.0 Å². The Kier molecular flexibility index (Phi) is 2.88. The van der Waals surface area contributed by atoms with Gasteiger partial charge in [0.2, 0.25) is 5.01 Å². The van der Waals surface area contributed by atoms with E-state index in [1.807, 2.05) is 17.5 Å². The van der Waals surface area contributed by atoms with Crippen molar-refractivity contribution in [2.24, 2.45) is 0 Å². The number of halogens is 1. The van der Waals surface area contributed by atoms with Gasteiger partial charge < -0.3 is 9.47 Å². The largest absolute Gasteiger partial charge is 0.434 e. The lowest BCUT2D eigenvalue weighted by molar-refractivity contribution is -0.172. The second kappa shape index (κ2) is 4.16. The second-order valence-corrected chi connectivity index (χ2v) is 4.48. The van der Waals surface area contributed by atoms with Gasteiger partial charge in [0.05, 0.1) is 0 Å². The van der Waals surface area contributed by atoms with Crippen molar-refractivity contribution in [3.63, 3.8) is 0 Å². The minimum Gasteiger partial charge on any atom is -0.434 e. The summed E-state index contributed by atoms with van der Waals surface area (Å²) in [6, 6.07) is 3.73. The van der Waals surface area contributed by atoms with Crippen LogP contribution in [0.15, 0.2) is 23.3 Å². The van der Waals surface area contributed by atoms with Crippen molar-refractivity contribution in [3.8, 4) is 0 Å². The van der Waals surface area contributed by atoms with Crippen LogP contribution in [0, 0.1) is 0 Å². The van der Waals surface area contributed by atoms with E-state index in [0.717, 1.165) is 4.88 Å². The van der Waals surface area contributed by atoms with Gasteiger partial charge >= 0.3 is 11.9 Å². The highest BCUT2D eigenvalue weighted by Crippen LogP contribution is 2.24. The summed E-state index contributed by atoms with van der Waals surface area (Å²) in [6.07, 6.45) is 1.65. The summed E-state index contributed by atoms with van der Waals surface area (Å²) in [6.45, 7) is 0. The minimum atomic E-state index is -0.992. The number of cyclic esters (lactones) is 2. The smallest absolute Gasteiger partial charge is 0.422 e. The van der Waals surface area contributed by atoms with Crippen LogP contribution in [0.5, 0.6) is 0 Å². The van der Waals surface area contributed by atoms with Crippen LogP contribution in [0.4, 0.5) is 0 Å². The Hall–Kier alpha value is -1.14. The molecule has 2 rings (SSSR count). The summed E-state index contributed by atoms with van der Waals surface area (Å²) in [5.41, 5.74) is 0. The van der Waals surface area contributed by atoms with Crippen molar-refractivity contribution in [2.45, 2.75) is 5.01 Å². The quantitative estimate of drug-likeness (QED) is 0.450. The number of thiophene rings is 1. The zero-order valence-corrected chi connectivity index (χ0v) is 9.71. The van der Waals surface area contributed by atoms with E-state index in [1.54, 1.807) is 6.08 Å². The fourth-order valence-corrected chi connectivity index (χ4v) is 2.05. The first kappa shape index (κ1) is 10.4. The summed E-state index contributed by atoms with van der Waals surface area (Å²) in [7, 11) is 0. The maximum absolute atomic E-state index is 10.9. The van der Waals surface area contributed by atoms with E-state index in [2.05, 4.69) is 15.9 Å². The molecule has 0 radical (unpaired) electrons. The van der Waals surface area contributed by atoms with Gasteiger partial charge in [0.1, 0.15) is 0 Å². The predicted octanol–water partition coefficient (Wildman–Crippen LogP) is 1.91. The standard InChI is InChI=1S/C9H5BrO4S/c10-7-6(4-5-2-1-3-15-5)13-8(11)9(12)14-7/h1-4,7H. The topological polar surface area (TPSA) is 52.6 Å². The maximum atomic E-state index is 10.9. The summed E-state index contributed by atoms with van der Waals surface area (Å²) in [5.74, 6) is -1.70. The van der Waals surface area contributed by atoms with Crippen LogP contribution in [0.1, 0.15) is 4.88 Å². The highest BCUT2D eigenvalue weighted by Gasteiger charge is 2.32. The van der Waals surface area contributed by atoms with Crippen molar-refractivity contribution < 1.29 is 19.1 Å². The Labute approximate surface area is 97.6 Å². The number of alkyl halides is 1. The molecule has 0 N–H and O–H groups in total. The van der Waals surface area contributed by atoms with E-state index >= 15 is 0 Å². The molecule has 1 aromatic rings. The minimum absolute atomic E-state index is 0.280. The molecule has 1 aliphatic heterocycles. The molecular formula is C9H5BrO4S. The van der Waals surface area contributed by atoms with Gasteiger partial charge in [-0.05, 0) is 33.5 Å². The molecule has 1 fully saturated rings. The van der Waals surface area contributed by atoms with E-state index < -0.39 is 17.0 Å². The van der Waals surface area contributed by atoms with Gasteiger partial charge in [-0.2, -0.15) is 0 Å². The molecular weight excluding hydrogens is 284 g/mol. The molecule has 15 heavy (non-hydrogen) atoms. The normalized spacial score (nSPS) is 23.8. The van der Waals surface area contributed by atoms with E-state index in [1.165, 1.54) is 11.3 Å². The Morgan fingerprint density at radius 3 is 2.87 bits per heavy atom. The molecule has 1 aliphatic rings. The van der Waals surface area contributed by atoms with Gasteiger partial charge in [-0.25, -0.2) is 9.59 Å². The Bertz CT molecular complexity index is 423. The maximum Gasteiger partial charge on any atom is 0.422 e. The molecule has 4 nitrogen and oxygen atoms in total. The van der Waals surface area contributed by atoms with Gasteiger partial charge in [-0.3, -0.25) is 0 Å². The Morgan fingerprint density at radius 1 is 1.40 bits per heavy atom. The lowest BCUT2D eigenvalue weighted by Crippen LogP contribution is -2.31. The molecule has 6 heteroatoms. The summed E-state index contributed by atoms with van der Waals surface area (Å²) >= 11 is 4.58. The van der Waals surface area contributed by atoms with Crippen molar-refractivity contribution in [1.82, 2.24) is 0 Å². The molecule has 0 bridgehead atoms. The lowest BCUT2D eigenvalue weighted by atomic mass is 10.3. The van der Waals surface area contributed by atoms with Crippen LogP contribution >= 0.6 is 27.3 Å². The molecule has 0 amide bonds. The fourth-order valence-electron chi connectivity index (χ4n) is 1.00. The molecule has 1 atom stereocenters. The van der Waals surface area contributed by atoms with Crippen LogP contribution in [0.2, 0.25) is 0 Å². The van der Waals surface area contributed by atoms with Crippen LogP contribution in [0.3, 0.4) is 0 Å². The molecule has 0 spiro atoms. The molecule has 1 saturated heterocycles. The fraction of sp³-hybridized carbons (Fsp3) is 0.111. The number of hydrogen-bond acceptors (Lipinski definition) is 5. The van der Waals surface area contributed by atoms with Gasteiger partial charge in [0, 0.05) is 4.88 Å². The molecule has 1 unspecified atom stereocenters. The van der Waals surface area contributed by atoms with Crippen molar-refractivity contribution >= 4 is 45.3 Å². The third kappa shape index (κ3) is 2.27. The first-order chi connectivity index (χ1) is 7.16. The Balaban J connectivity index is 2.22. The second-order valence-electron chi connectivity index (χ2n) is 2.67. The van der Waals surface area contributed by atoms with Gasteiger partial charge in [0.25, 0.3) is 0 Å². The van der Waals surface area contributed by atoms with Crippen LogP contribution < -0.4 is 0 Å². The van der Waals surface area contributed by atoms with E-state index in [9.17, 15) is 9.59 Å². The monoisotopic (exact) mass is 288 g/mol. The van der Waals surface area contributed by atoms with E-state index in [0.29, 0.717) is 0 Å². The highest BCUT2D eigenvalue weighted by molar-refractivity contribution is 9.09. The van der Waals surface area contributed by atoms with Gasteiger partial charge in [-0.1, -0.05) is 6.07 Å². The van der Waals surface area contributed by atoms with Crippen molar-refractivity contribution in [1.29, 1.82) is 0 Å². The first-order valence-electron chi connectivity index (χ1n) is 3.99. The number of rotatable bonds is 1. The summed E-state index contributed by atoms with van der Waals surface area (Å²) < 4.78 is 9.49.